The monoisotopic (exact) mass is 335 g/mol. The zero-order valence-electron chi connectivity index (χ0n) is 12.0. The van der Waals surface area contributed by atoms with Crippen LogP contribution in [0.2, 0.25) is 0 Å². The van der Waals surface area contributed by atoms with Crippen molar-refractivity contribution >= 4 is 21.6 Å². The van der Waals surface area contributed by atoms with Gasteiger partial charge in [-0.15, -0.1) is 0 Å². The molecule has 1 aromatic carbocycles. The highest BCUT2D eigenvalue weighted by Crippen LogP contribution is 2.27. The Kier molecular flexibility index (Phi) is 4.28. The van der Waals surface area contributed by atoms with Crippen molar-refractivity contribution in [2.75, 3.05) is 5.32 Å². The van der Waals surface area contributed by atoms with Crippen molar-refractivity contribution in [3.05, 3.63) is 55.7 Å². The molecule has 0 fully saturated rings. The summed E-state index contributed by atoms with van der Waals surface area (Å²) in [5.74, 6) is 0.639. The van der Waals surface area contributed by atoms with E-state index in [2.05, 4.69) is 31.2 Å². The van der Waals surface area contributed by atoms with E-state index in [4.69, 9.17) is 0 Å². The third-order valence-electron chi connectivity index (χ3n) is 3.19. The van der Waals surface area contributed by atoms with Gasteiger partial charge in [-0.1, -0.05) is 6.07 Å². The van der Waals surface area contributed by atoms with Crippen LogP contribution in [-0.2, 0) is 0 Å². The molecule has 0 aliphatic rings. The SMILES string of the molecule is Cc1ccc(Br)c(NC(C)c2c(C)nc(C)[nH]c2=O)c1. The Morgan fingerprint density at radius 2 is 2.00 bits per heavy atom. The molecular formula is C15H18BrN3O. The maximum Gasteiger partial charge on any atom is 0.256 e. The number of benzene rings is 1. The van der Waals surface area contributed by atoms with E-state index in [1.807, 2.05) is 39.0 Å². The number of hydrogen-bond donors (Lipinski definition) is 2. The molecule has 5 heteroatoms. The van der Waals surface area contributed by atoms with Gasteiger partial charge >= 0.3 is 0 Å². The van der Waals surface area contributed by atoms with Gasteiger partial charge in [0.15, 0.2) is 0 Å². The maximum absolute atomic E-state index is 12.1. The minimum absolute atomic E-state index is 0.0845. The Morgan fingerprint density at radius 1 is 1.30 bits per heavy atom. The van der Waals surface area contributed by atoms with Gasteiger partial charge in [0.1, 0.15) is 5.82 Å². The van der Waals surface area contributed by atoms with E-state index in [-0.39, 0.29) is 11.6 Å². The number of rotatable bonds is 3. The second-order valence-corrected chi connectivity index (χ2v) is 5.85. The summed E-state index contributed by atoms with van der Waals surface area (Å²) in [6.45, 7) is 7.64. The van der Waals surface area contributed by atoms with Crippen LogP contribution in [0, 0.1) is 20.8 Å². The van der Waals surface area contributed by atoms with Crippen molar-refractivity contribution in [2.45, 2.75) is 33.7 Å². The van der Waals surface area contributed by atoms with Gasteiger partial charge in [-0.05, 0) is 61.3 Å². The van der Waals surface area contributed by atoms with E-state index < -0.39 is 0 Å². The first-order valence-corrected chi connectivity index (χ1v) is 7.28. The molecule has 20 heavy (non-hydrogen) atoms. The van der Waals surface area contributed by atoms with E-state index in [1.54, 1.807) is 6.92 Å². The zero-order valence-corrected chi connectivity index (χ0v) is 13.6. The van der Waals surface area contributed by atoms with Crippen LogP contribution in [0.1, 0.15) is 35.6 Å². The molecule has 0 saturated heterocycles. The lowest BCUT2D eigenvalue weighted by Gasteiger charge is -2.18. The Labute approximate surface area is 126 Å². The van der Waals surface area contributed by atoms with Crippen molar-refractivity contribution in [1.29, 1.82) is 0 Å². The van der Waals surface area contributed by atoms with Crippen molar-refractivity contribution < 1.29 is 0 Å². The largest absolute Gasteiger partial charge is 0.377 e. The number of halogens is 1. The van der Waals surface area contributed by atoms with Crippen molar-refractivity contribution in [2.24, 2.45) is 0 Å². The molecule has 1 aromatic heterocycles. The number of anilines is 1. The fourth-order valence-corrected chi connectivity index (χ4v) is 2.66. The highest BCUT2D eigenvalue weighted by molar-refractivity contribution is 9.10. The molecule has 0 aliphatic heterocycles. The van der Waals surface area contributed by atoms with E-state index in [1.165, 1.54) is 0 Å². The van der Waals surface area contributed by atoms with Crippen LogP contribution in [0.5, 0.6) is 0 Å². The van der Waals surface area contributed by atoms with Gasteiger partial charge in [-0.3, -0.25) is 4.79 Å². The highest BCUT2D eigenvalue weighted by Gasteiger charge is 2.15. The molecule has 4 nitrogen and oxygen atoms in total. The minimum atomic E-state index is -0.120. The molecule has 0 aliphatic carbocycles. The smallest absolute Gasteiger partial charge is 0.256 e. The minimum Gasteiger partial charge on any atom is -0.377 e. The summed E-state index contributed by atoms with van der Waals surface area (Å²) in [6, 6.07) is 5.95. The standard InChI is InChI=1S/C15H18BrN3O/c1-8-5-6-12(16)13(7-8)18-10(3)14-9(2)17-11(4)19-15(14)20/h5-7,10,18H,1-4H3,(H,17,19,20). The maximum atomic E-state index is 12.1. The average molecular weight is 336 g/mol. The number of aromatic nitrogens is 2. The van der Waals surface area contributed by atoms with E-state index >= 15 is 0 Å². The summed E-state index contributed by atoms with van der Waals surface area (Å²) >= 11 is 3.52. The third-order valence-corrected chi connectivity index (χ3v) is 3.88. The second-order valence-electron chi connectivity index (χ2n) is 5.00. The zero-order chi connectivity index (χ0) is 14.9. The Bertz CT molecular complexity index is 694. The molecule has 1 atom stereocenters. The Morgan fingerprint density at radius 3 is 2.65 bits per heavy atom. The molecule has 2 N–H and O–H groups in total. The van der Waals surface area contributed by atoms with Gasteiger partial charge < -0.3 is 10.3 Å². The summed E-state index contributed by atoms with van der Waals surface area (Å²) < 4.78 is 0.976. The van der Waals surface area contributed by atoms with Crippen LogP contribution in [-0.4, -0.2) is 9.97 Å². The molecule has 0 saturated carbocycles. The van der Waals surface area contributed by atoms with Gasteiger partial charge in [0.2, 0.25) is 0 Å². The van der Waals surface area contributed by atoms with Crippen LogP contribution in [0.4, 0.5) is 5.69 Å². The number of H-pyrrole nitrogens is 1. The van der Waals surface area contributed by atoms with Gasteiger partial charge in [0, 0.05) is 10.2 Å². The lowest BCUT2D eigenvalue weighted by Crippen LogP contribution is -2.23. The van der Waals surface area contributed by atoms with Gasteiger partial charge in [-0.2, -0.15) is 0 Å². The Balaban J connectivity index is 2.36. The van der Waals surface area contributed by atoms with Crippen LogP contribution in [0.3, 0.4) is 0 Å². The summed E-state index contributed by atoms with van der Waals surface area (Å²) in [7, 11) is 0. The Hall–Kier alpha value is -1.62. The van der Waals surface area contributed by atoms with Gasteiger partial charge in [0.25, 0.3) is 5.56 Å². The first kappa shape index (κ1) is 14.8. The first-order chi connectivity index (χ1) is 9.38. The highest BCUT2D eigenvalue weighted by atomic mass is 79.9. The molecule has 0 radical (unpaired) electrons. The van der Waals surface area contributed by atoms with Crippen LogP contribution >= 0.6 is 15.9 Å². The third kappa shape index (κ3) is 3.10. The van der Waals surface area contributed by atoms with E-state index in [9.17, 15) is 4.79 Å². The first-order valence-electron chi connectivity index (χ1n) is 6.48. The molecular weight excluding hydrogens is 318 g/mol. The normalized spacial score (nSPS) is 12.2. The molecule has 1 heterocycles. The molecule has 2 rings (SSSR count). The summed E-state index contributed by atoms with van der Waals surface area (Å²) in [5, 5.41) is 3.36. The molecule has 1 unspecified atom stereocenters. The molecule has 0 amide bonds. The van der Waals surface area contributed by atoms with E-state index in [0.717, 1.165) is 21.4 Å². The molecule has 106 valence electrons. The molecule has 0 spiro atoms. The number of nitrogens with one attached hydrogen (secondary N) is 2. The summed E-state index contributed by atoms with van der Waals surface area (Å²) in [4.78, 5) is 19.2. The average Bonchev–Trinajstić information content (AvgIpc) is 2.32. The second kappa shape index (κ2) is 5.79. The lowest BCUT2D eigenvalue weighted by molar-refractivity contribution is 0.813. The molecule has 2 aromatic rings. The number of hydrogen-bond acceptors (Lipinski definition) is 3. The van der Waals surface area contributed by atoms with Crippen LogP contribution < -0.4 is 10.9 Å². The lowest BCUT2D eigenvalue weighted by atomic mass is 10.1. The fourth-order valence-electron chi connectivity index (χ4n) is 2.30. The van der Waals surface area contributed by atoms with Gasteiger partial charge in [0.05, 0.1) is 17.3 Å². The van der Waals surface area contributed by atoms with Gasteiger partial charge in [-0.25, -0.2) is 4.98 Å². The predicted octanol–water partition coefficient (Wildman–Crippen LogP) is 3.63. The fraction of sp³-hybridized carbons (Fsp3) is 0.333. The quantitative estimate of drug-likeness (QED) is 0.900. The summed E-state index contributed by atoms with van der Waals surface area (Å²) in [6.07, 6.45) is 0. The van der Waals surface area contributed by atoms with E-state index in [0.29, 0.717) is 11.4 Å². The number of aromatic amines is 1. The summed E-state index contributed by atoms with van der Waals surface area (Å²) in [5.41, 5.74) is 3.48. The van der Waals surface area contributed by atoms with Crippen molar-refractivity contribution in [1.82, 2.24) is 9.97 Å². The topological polar surface area (TPSA) is 57.8 Å². The number of aryl methyl sites for hydroxylation is 3. The van der Waals surface area contributed by atoms with Crippen LogP contribution in [0.15, 0.2) is 27.5 Å². The van der Waals surface area contributed by atoms with Crippen molar-refractivity contribution in [3.8, 4) is 0 Å². The number of nitrogens with zero attached hydrogens (tertiary/aromatic N) is 1. The predicted molar refractivity (Wildman–Crippen MR) is 85.2 cm³/mol. The molecule has 0 bridgehead atoms. The van der Waals surface area contributed by atoms with Crippen molar-refractivity contribution in [3.63, 3.8) is 0 Å². The van der Waals surface area contributed by atoms with Crippen LogP contribution in [0.25, 0.3) is 0 Å².